The Morgan fingerprint density at radius 2 is 0.911 bits per heavy atom. The topological polar surface area (TPSA) is 69.4 Å². The molecule has 0 unspecified atom stereocenters. The first kappa shape index (κ1) is 26.4. The van der Waals surface area contributed by atoms with Gasteiger partial charge in [0.15, 0.2) is 17.5 Å². The number of benzene rings is 5. The van der Waals surface area contributed by atoms with Crippen molar-refractivity contribution >= 4 is 10.9 Å². The Labute approximate surface area is 260 Å². The highest BCUT2D eigenvalue weighted by atomic mass is 15.3. The van der Waals surface area contributed by atoms with Gasteiger partial charge in [-0.1, -0.05) is 121 Å². The van der Waals surface area contributed by atoms with Crippen LogP contribution in [0.2, 0.25) is 0 Å². The van der Waals surface area contributed by atoms with Crippen molar-refractivity contribution in [1.82, 2.24) is 29.7 Å². The second-order valence-corrected chi connectivity index (χ2v) is 10.6. The number of pyridine rings is 1. The van der Waals surface area contributed by atoms with Gasteiger partial charge in [-0.3, -0.25) is 0 Å². The van der Waals surface area contributed by atoms with Crippen LogP contribution in [-0.2, 0) is 0 Å². The van der Waals surface area contributed by atoms with E-state index in [9.17, 15) is 0 Å². The molecule has 8 aromatic rings. The fourth-order valence-corrected chi connectivity index (χ4v) is 5.50. The highest BCUT2D eigenvalue weighted by Gasteiger charge is 2.18. The summed E-state index contributed by atoms with van der Waals surface area (Å²) in [5.74, 6) is 1.69. The lowest BCUT2D eigenvalue weighted by molar-refractivity contribution is 0.912. The van der Waals surface area contributed by atoms with Gasteiger partial charge in [-0.2, -0.15) is 5.10 Å². The summed E-state index contributed by atoms with van der Waals surface area (Å²) in [6.07, 6.45) is 0. The first-order chi connectivity index (χ1) is 22.3. The molecule has 3 heterocycles. The second kappa shape index (κ2) is 11.4. The van der Waals surface area contributed by atoms with Crippen molar-refractivity contribution in [3.63, 3.8) is 0 Å². The van der Waals surface area contributed by atoms with E-state index in [1.165, 1.54) is 0 Å². The molecule has 0 aliphatic rings. The summed E-state index contributed by atoms with van der Waals surface area (Å²) in [6.45, 7) is 0. The minimum Gasteiger partial charge on any atom is -0.243 e. The Morgan fingerprint density at radius 1 is 0.378 bits per heavy atom. The summed E-state index contributed by atoms with van der Waals surface area (Å²) < 4.78 is 1.98. The lowest BCUT2D eigenvalue weighted by Gasteiger charge is -2.08. The second-order valence-electron chi connectivity index (χ2n) is 10.6. The zero-order valence-electron chi connectivity index (χ0n) is 24.2. The molecule has 3 aromatic heterocycles. The van der Waals surface area contributed by atoms with Crippen molar-refractivity contribution in [2.45, 2.75) is 0 Å². The molecule has 0 radical (unpaired) electrons. The summed E-state index contributed by atoms with van der Waals surface area (Å²) in [5, 5.41) is 6.14. The fraction of sp³-hybridized carbons (Fsp3) is 0. The fourth-order valence-electron chi connectivity index (χ4n) is 5.50. The number of hydrogen-bond donors (Lipinski definition) is 0. The molecule has 45 heavy (non-hydrogen) atoms. The van der Waals surface area contributed by atoms with Crippen LogP contribution in [0.3, 0.4) is 0 Å². The van der Waals surface area contributed by atoms with E-state index in [0.29, 0.717) is 23.2 Å². The zero-order chi connectivity index (χ0) is 30.0. The molecule has 6 nitrogen and oxygen atoms in total. The molecule has 0 bridgehead atoms. The van der Waals surface area contributed by atoms with Gasteiger partial charge in [0.05, 0.1) is 16.9 Å². The van der Waals surface area contributed by atoms with Crippen molar-refractivity contribution in [3.8, 4) is 62.5 Å². The van der Waals surface area contributed by atoms with Crippen LogP contribution in [0.4, 0.5) is 0 Å². The number of rotatable bonds is 6. The van der Waals surface area contributed by atoms with Gasteiger partial charge in [0.2, 0.25) is 0 Å². The van der Waals surface area contributed by atoms with Gasteiger partial charge >= 0.3 is 0 Å². The monoisotopic (exact) mass is 578 g/mol. The van der Waals surface area contributed by atoms with Gasteiger partial charge in [-0.05, 0) is 47.5 Å². The van der Waals surface area contributed by atoms with Crippen molar-refractivity contribution < 1.29 is 0 Å². The molecule has 212 valence electrons. The van der Waals surface area contributed by atoms with Crippen LogP contribution in [0.5, 0.6) is 0 Å². The third kappa shape index (κ3) is 5.15. The van der Waals surface area contributed by atoms with Crippen molar-refractivity contribution in [1.29, 1.82) is 0 Å². The Balaban J connectivity index is 1.30. The molecule has 0 fully saturated rings. The third-order valence-electron chi connectivity index (χ3n) is 7.71. The van der Waals surface area contributed by atoms with E-state index < -0.39 is 0 Å². The molecule has 0 amide bonds. The van der Waals surface area contributed by atoms with Crippen LogP contribution in [0.1, 0.15) is 0 Å². The third-order valence-corrected chi connectivity index (χ3v) is 7.71. The number of para-hydroxylation sites is 1. The van der Waals surface area contributed by atoms with Gasteiger partial charge in [0.25, 0.3) is 0 Å². The molecule has 0 atom stereocenters. The molecular weight excluding hydrogens is 552 g/mol. The lowest BCUT2D eigenvalue weighted by Crippen LogP contribution is -2.01. The molecule has 6 heteroatoms. The smallest absolute Gasteiger partial charge is 0.182 e. The summed E-state index contributed by atoms with van der Waals surface area (Å²) in [7, 11) is 0. The number of nitrogens with zero attached hydrogens (tertiary/aromatic N) is 6. The van der Waals surface area contributed by atoms with Crippen molar-refractivity contribution in [3.05, 3.63) is 158 Å². The largest absolute Gasteiger partial charge is 0.243 e. The molecule has 0 spiro atoms. The van der Waals surface area contributed by atoms with Gasteiger partial charge < -0.3 is 0 Å². The minimum atomic E-state index is 0.501. The van der Waals surface area contributed by atoms with Crippen LogP contribution in [0.15, 0.2) is 158 Å². The average molecular weight is 579 g/mol. The predicted octanol–water partition coefficient (Wildman–Crippen LogP) is 8.94. The minimum absolute atomic E-state index is 0.501. The Hall–Kier alpha value is -6.27. The van der Waals surface area contributed by atoms with E-state index in [1.54, 1.807) is 0 Å². The van der Waals surface area contributed by atoms with Crippen LogP contribution < -0.4 is 0 Å². The van der Waals surface area contributed by atoms with E-state index in [1.807, 2.05) is 108 Å². The normalized spacial score (nSPS) is 11.1. The maximum Gasteiger partial charge on any atom is 0.182 e. The molecule has 0 saturated heterocycles. The SMILES string of the molecule is c1ccc(-c2ccc3c(c2)c(-c2cccc(-c4nc(-c5ccccc5)nc(-c5ccccc5)n4)n2)nn3-c2ccccc2)cc1. The Morgan fingerprint density at radius 3 is 1.53 bits per heavy atom. The van der Waals surface area contributed by atoms with Crippen LogP contribution in [0, 0.1) is 0 Å². The number of aromatic nitrogens is 6. The Kier molecular flexibility index (Phi) is 6.70. The number of hydrogen-bond acceptors (Lipinski definition) is 5. The Bertz CT molecular complexity index is 2190. The zero-order valence-corrected chi connectivity index (χ0v) is 24.2. The van der Waals surface area contributed by atoms with Gasteiger partial charge in [0, 0.05) is 16.5 Å². The van der Waals surface area contributed by atoms with E-state index in [-0.39, 0.29) is 0 Å². The van der Waals surface area contributed by atoms with Crippen LogP contribution in [0.25, 0.3) is 73.4 Å². The molecule has 5 aromatic carbocycles. The first-order valence-corrected chi connectivity index (χ1v) is 14.8. The maximum absolute atomic E-state index is 5.13. The lowest BCUT2D eigenvalue weighted by atomic mass is 10.0. The standard InChI is InChI=1S/C39H26N6/c1-5-14-27(15-6-1)30-24-25-35-32(26-30)36(44-45(35)31-20-11-4-12-21-31)33-22-13-23-34(40-33)39-42-37(28-16-7-2-8-17-28)41-38(43-39)29-18-9-3-10-19-29/h1-26H. The summed E-state index contributed by atoms with van der Waals surface area (Å²) in [6, 6.07) is 52.9. The summed E-state index contributed by atoms with van der Waals surface area (Å²) in [5.41, 5.74) is 8.24. The first-order valence-electron chi connectivity index (χ1n) is 14.8. The van der Waals surface area contributed by atoms with Crippen LogP contribution >= 0.6 is 0 Å². The number of fused-ring (bicyclic) bond motifs is 1. The molecule has 0 aliphatic heterocycles. The molecule has 0 aliphatic carbocycles. The van der Waals surface area contributed by atoms with Gasteiger partial charge in [0.1, 0.15) is 11.4 Å². The van der Waals surface area contributed by atoms with Crippen molar-refractivity contribution in [2.24, 2.45) is 0 Å². The van der Waals surface area contributed by atoms with Crippen molar-refractivity contribution in [2.75, 3.05) is 0 Å². The molecule has 0 N–H and O–H groups in total. The predicted molar refractivity (Wildman–Crippen MR) is 179 cm³/mol. The molecule has 0 saturated carbocycles. The summed E-state index contributed by atoms with van der Waals surface area (Å²) >= 11 is 0. The van der Waals surface area contributed by atoms with E-state index >= 15 is 0 Å². The molecular formula is C39H26N6. The van der Waals surface area contributed by atoms with Gasteiger partial charge in [-0.15, -0.1) is 0 Å². The highest BCUT2D eigenvalue weighted by Crippen LogP contribution is 2.34. The average Bonchev–Trinajstić information content (AvgIpc) is 3.52. The van der Waals surface area contributed by atoms with Crippen LogP contribution in [-0.4, -0.2) is 29.7 Å². The van der Waals surface area contributed by atoms with Gasteiger partial charge in [-0.25, -0.2) is 24.6 Å². The maximum atomic E-state index is 5.13. The molecule has 8 rings (SSSR count). The quantitative estimate of drug-likeness (QED) is 0.197. The van der Waals surface area contributed by atoms with E-state index in [0.717, 1.165) is 50.2 Å². The van der Waals surface area contributed by atoms with E-state index in [4.69, 9.17) is 25.0 Å². The summed E-state index contributed by atoms with van der Waals surface area (Å²) in [4.78, 5) is 19.7. The highest BCUT2D eigenvalue weighted by molar-refractivity contribution is 5.96. The van der Waals surface area contributed by atoms with E-state index in [2.05, 4.69) is 54.6 Å².